The highest BCUT2D eigenvalue weighted by Gasteiger charge is 2.14. The molecular formula is C8H9ClN2O2. The van der Waals surface area contributed by atoms with Gasteiger partial charge in [0.2, 0.25) is 0 Å². The van der Waals surface area contributed by atoms with Crippen molar-refractivity contribution in [3.05, 3.63) is 28.8 Å². The normalized spacial score (nSPS) is 12.5. The number of nitrogens with two attached hydrogens (primary N) is 2. The average Bonchev–Trinajstić information content (AvgIpc) is 2.08. The third-order valence-electron chi connectivity index (χ3n) is 1.65. The van der Waals surface area contributed by atoms with Crippen LogP contribution in [-0.4, -0.2) is 11.1 Å². The predicted octanol–water partition coefficient (Wildman–Crippen LogP) is 1.01. The quantitative estimate of drug-likeness (QED) is 0.622. The second-order valence-electron chi connectivity index (χ2n) is 2.60. The molecule has 0 spiro atoms. The van der Waals surface area contributed by atoms with Crippen LogP contribution in [0, 0.1) is 0 Å². The Morgan fingerprint density at radius 2 is 2.15 bits per heavy atom. The van der Waals surface area contributed by atoms with Crippen molar-refractivity contribution in [2.24, 2.45) is 5.73 Å². The standard InChI is InChI=1S/C8H9ClN2O2/c9-5-3-4(1-2-6(5)10)7(11)8(12)13/h1-3,7H,10-11H2,(H,12,13)/t7-/m0/s1. The van der Waals surface area contributed by atoms with Crippen LogP contribution in [0.2, 0.25) is 5.02 Å². The molecule has 4 nitrogen and oxygen atoms in total. The fourth-order valence-electron chi connectivity index (χ4n) is 0.879. The Labute approximate surface area is 80.1 Å². The average molecular weight is 201 g/mol. The third-order valence-corrected chi connectivity index (χ3v) is 1.98. The zero-order chi connectivity index (χ0) is 10.0. The number of halogens is 1. The highest BCUT2D eigenvalue weighted by Crippen LogP contribution is 2.22. The Morgan fingerprint density at radius 1 is 1.54 bits per heavy atom. The SMILES string of the molecule is Nc1ccc([C@H](N)C(=O)O)cc1Cl. The fraction of sp³-hybridized carbons (Fsp3) is 0.125. The molecule has 1 aromatic carbocycles. The molecule has 0 fully saturated rings. The van der Waals surface area contributed by atoms with E-state index in [1.165, 1.54) is 12.1 Å². The Kier molecular flexibility index (Phi) is 2.75. The minimum atomic E-state index is -1.10. The third kappa shape index (κ3) is 2.11. The van der Waals surface area contributed by atoms with Gasteiger partial charge >= 0.3 is 5.97 Å². The summed E-state index contributed by atoms with van der Waals surface area (Å²) in [6, 6.07) is 3.47. The predicted molar refractivity (Wildman–Crippen MR) is 50.4 cm³/mol. The lowest BCUT2D eigenvalue weighted by atomic mass is 10.1. The number of anilines is 1. The van der Waals surface area contributed by atoms with E-state index in [-0.39, 0.29) is 0 Å². The Hall–Kier alpha value is -1.26. The maximum absolute atomic E-state index is 10.5. The molecule has 0 bridgehead atoms. The first-order valence-corrected chi connectivity index (χ1v) is 3.93. The molecule has 0 radical (unpaired) electrons. The van der Waals surface area contributed by atoms with Crippen LogP contribution in [0.15, 0.2) is 18.2 Å². The molecule has 0 heterocycles. The maximum atomic E-state index is 10.5. The number of carboxylic acids is 1. The molecule has 1 rings (SSSR count). The molecule has 0 aliphatic carbocycles. The molecule has 1 aromatic rings. The maximum Gasteiger partial charge on any atom is 0.325 e. The smallest absolute Gasteiger partial charge is 0.325 e. The van der Waals surface area contributed by atoms with E-state index in [0.717, 1.165) is 0 Å². The van der Waals surface area contributed by atoms with Crippen LogP contribution in [0.5, 0.6) is 0 Å². The van der Waals surface area contributed by atoms with E-state index in [1.54, 1.807) is 6.07 Å². The minimum Gasteiger partial charge on any atom is -0.480 e. The zero-order valence-electron chi connectivity index (χ0n) is 6.70. The van der Waals surface area contributed by atoms with Gasteiger partial charge in [0.15, 0.2) is 0 Å². The highest BCUT2D eigenvalue weighted by molar-refractivity contribution is 6.33. The molecule has 0 aliphatic rings. The summed E-state index contributed by atoms with van der Waals surface area (Å²) in [6.07, 6.45) is 0. The fourth-order valence-corrected chi connectivity index (χ4v) is 1.07. The molecule has 5 heteroatoms. The van der Waals surface area contributed by atoms with Gasteiger partial charge in [0.05, 0.1) is 10.7 Å². The van der Waals surface area contributed by atoms with Gasteiger partial charge in [-0.3, -0.25) is 4.79 Å². The lowest BCUT2D eigenvalue weighted by Crippen LogP contribution is -2.20. The first-order chi connectivity index (χ1) is 6.02. The van der Waals surface area contributed by atoms with Crippen molar-refractivity contribution in [1.82, 2.24) is 0 Å². The molecule has 5 N–H and O–H groups in total. The molecule has 70 valence electrons. The Balaban J connectivity index is 3.03. The molecule has 13 heavy (non-hydrogen) atoms. The summed E-state index contributed by atoms with van der Waals surface area (Å²) in [4.78, 5) is 10.5. The van der Waals surface area contributed by atoms with E-state index in [4.69, 9.17) is 28.2 Å². The van der Waals surface area contributed by atoms with Crippen LogP contribution < -0.4 is 11.5 Å². The van der Waals surface area contributed by atoms with Crippen LogP contribution in [-0.2, 0) is 4.79 Å². The van der Waals surface area contributed by atoms with Gasteiger partial charge in [-0.1, -0.05) is 17.7 Å². The van der Waals surface area contributed by atoms with Gasteiger partial charge in [0.25, 0.3) is 0 Å². The van der Waals surface area contributed by atoms with Gasteiger partial charge in [0.1, 0.15) is 6.04 Å². The van der Waals surface area contributed by atoms with E-state index in [1.807, 2.05) is 0 Å². The lowest BCUT2D eigenvalue weighted by molar-refractivity contribution is -0.138. The lowest BCUT2D eigenvalue weighted by Gasteiger charge is -2.07. The summed E-state index contributed by atoms with van der Waals surface area (Å²) in [5.41, 5.74) is 11.6. The first kappa shape index (κ1) is 9.83. The van der Waals surface area contributed by atoms with Crippen LogP contribution in [0.3, 0.4) is 0 Å². The van der Waals surface area contributed by atoms with Crippen LogP contribution in [0.1, 0.15) is 11.6 Å². The van der Waals surface area contributed by atoms with Crippen molar-refractivity contribution < 1.29 is 9.90 Å². The van der Waals surface area contributed by atoms with Gasteiger partial charge in [-0.05, 0) is 17.7 Å². The molecular weight excluding hydrogens is 192 g/mol. The summed E-state index contributed by atoms with van der Waals surface area (Å²) < 4.78 is 0. The highest BCUT2D eigenvalue weighted by atomic mass is 35.5. The van der Waals surface area contributed by atoms with Gasteiger partial charge < -0.3 is 16.6 Å². The minimum absolute atomic E-state index is 0.314. The van der Waals surface area contributed by atoms with Crippen LogP contribution >= 0.6 is 11.6 Å². The van der Waals surface area contributed by atoms with Crippen molar-refractivity contribution in [3.8, 4) is 0 Å². The molecule has 0 unspecified atom stereocenters. The van der Waals surface area contributed by atoms with E-state index in [0.29, 0.717) is 16.3 Å². The topological polar surface area (TPSA) is 89.3 Å². The second-order valence-corrected chi connectivity index (χ2v) is 3.00. The number of aliphatic carboxylic acids is 1. The summed E-state index contributed by atoms with van der Waals surface area (Å²) in [5, 5.41) is 8.91. The van der Waals surface area contributed by atoms with E-state index >= 15 is 0 Å². The van der Waals surface area contributed by atoms with E-state index in [2.05, 4.69) is 0 Å². The monoisotopic (exact) mass is 200 g/mol. The van der Waals surface area contributed by atoms with Crippen molar-refractivity contribution >= 4 is 23.3 Å². The van der Waals surface area contributed by atoms with Crippen molar-refractivity contribution in [1.29, 1.82) is 0 Å². The van der Waals surface area contributed by atoms with Gasteiger partial charge in [-0.15, -0.1) is 0 Å². The largest absolute Gasteiger partial charge is 0.480 e. The molecule has 0 saturated carbocycles. The van der Waals surface area contributed by atoms with Crippen molar-refractivity contribution in [2.75, 3.05) is 5.73 Å². The number of rotatable bonds is 2. The number of nitrogen functional groups attached to an aromatic ring is 1. The van der Waals surface area contributed by atoms with E-state index in [9.17, 15) is 4.79 Å². The second kappa shape index (κ2) is 3.64. The number of hydrogen-bond donors (Lipinski definition) is 3. The van der Waals surface area contributed by atoms with Gasteiger partial charge in [-0.25, -0.2) is 0 Å². The number of benzene rings is 1. The summed E-state index contributed by atoms with van der Waals surface area (Å²) in [7, 11) is 0. The summed E-state index contributed by atoms with van der Waals surface area (Å²) in [6.45, 7) is 0. The van der Waals surface area contributed by atoms with E-state index < -0.39 is 12.0 Å². The van der Waals surface area contributed by atoms with Crippen LogP contribution in [0.4, 0.5) is 5.69 Å². The molecule has 0 aliphatic heterocycles. The molecule has 1 atom stereocenters. The first-order valence-electron chi connectivity index (χ1n) is 3.55. The number of carbonyl (C=O) groups is 1. The van der Waals surface area contributed by atoms with Crippen molar-refractivity contribution in [2.45, 2.75) is 6.04 Å². The Bertz CT molecular complexity index is 341. The van der Waals surface area contributed by atoms with Crippen LogP contribution in [0.25, 0.3) is 0 Å². The summed E-state index contributed by atoms with van der Waals surface area (Å²) in [5.74, 6) is -1.10. The van der Waals surface area contributed by atoms with Gasteiger partial charge in [-0.2, -0.15) is 0 Å². The molecule has 0 amide bonds. The van der Waals surface area contributed by atoms with Crippen molar-refractivity contribution in [3.63, 3.8) is 0 Å². The summed E-state index contributed by atoms with van der Waals surface area (Å²) >= 11 is 5.69. The molecule has 0 saturated heterocycles. The number of carboxylic acid groups (broad SMARTS) is 1. The molecule has 0 aromatic heterocycles. The Morgan fingerprint density at radius 3 is 2.62 bits per heavy atom. The zero-order valence-corrected chi connectivity index (χ0v) is 7.45. The van der Waals surface area contributed by atoms with Gasteiger partial charge in [0, 0.05) is 0 Å². The number of hydrogen-bond acceptors (Lipinski definition) is 3.